The molecule has 0 aliphatic rings. The second-order valence-corrected chi connectivity index (χ2v) is 8.47. The van der Waals surface area contributed by atoms with Crippen LogP contribution in [-0.4, -0.2) is 24.0 Å². The van der Waals surface area contributed by atoms with Crippen LogP contribution in [0.1, 0.15) is 40.4 Å². The van der Waals surface area contributed by atoms with Crippen molar-refractivity contribution in [1.82, 2.24) is 0 Å². The molecule has 0 aliphatic carbocycles. The minimum atomic E-state index is -0.927. The fraction of sp³-hybridized carbons (Fsp3) is 0.200. The van der Waals surface area contributed by atoms with E-state index >= 15 is 0 Å². The molecule has 0 heterocycles. The minimum absolute atomic E-state index is 0.236. The number of aromatic carboxylic acids is 1. The number of Topliss-reactive ketones (excluding diaryl/α,β-unsaturated/α-hetero) is 1. The number of benzene rings is 4. The SMILES string of the molecule is COc1ccc2cc(CCC(C)=O)ccc2c1.Cc1cccc(Nc2ccccc2C(=O)O)c1C. The fourth-order valence-corrected chi connectivity index (χ4v) is 3.69. The lowest BCUT2D eigenvalue weighted by atomic mass is 10.0. The summed E-state index contributed by atoms with van der Waals surface area (Å²) in [5, 5.41) is 14.7. The Labute approximate surface area is 206 Å². The van der Waals surface area contributed by atoms with Gasteiger partial charge in [-0.05, 0) is 85.0 Å². The smallest absolute Gasteiger partial charge is 0.337 e. The molecule has 4 aromatic carbocycles. The van der Waals surface area contributed by atoms with E-state index in [4.69, 9.17) is 9.84 Å². The second-order valence-electron chi connectivity index (χ2n) is 8.47. The molecule has 0 saturated heterocycles. The number of rotatable bonds is 7. The fourth-order valence-electron chi connectivity index (χ4n) is 3.69. The molecule has 0 saturated carbocycles. The van der Waals surface area contributed by atoms with Gasteiger partial charge < -0.3 is 20.0 Å². The first-order valence-electron chi connectivity index (χ1n) is 11.5. The highest BCUT2D eigenvalue weighted by Crippen LogP contribution is 2.25. The molecule has 2 N–H and O–H groups in total. The Morgan fingerprint density at radius 3 is 2.26 bits per heavy atom. The van der Waals surface area contributed by atoms with Crippen molar-refractivity contribution in [3.8, 4) is 5.75 Å². The van der Waals surface area contributed by atoms with E-state index in [1.165, 1.54) is 16.5 Å². The number of carboxylic acid groups (broad SMARTS) is 1. The van der Waals surface area contributed by atoms with Crippen LogP contribution in [-0.2, 0) is 11.2 Å². The molecule has 4 rings (SSSR count). The Bertz CT molecular complexity index is 1340. The molecule has 0 unspecified atom stereocenters. The predicted octanol–water partition coefficient (Wildman–Crippen LogP) is 7.12. The van der Waals surface area contributed by atoms with E-state index in [0.717, 1.165) is 28.8 Å². The molecule has 0 radical (unpaired) electrons. The van der Waals surface area contributed by atoms with Gasteiger partial charge in [0.15, 0.2) is 0 Å². The summed E-state index contributed by atoms with van der Waals surface area (Å²) in [5.41, 5.74) is 5.32. The molecule has 0 aromatic heterocycles. The summed E-state index contributed by atoms with van der Waals surface area (Å²) in [4.78, 5) is 22.1. The number of methoxy groups -OCH3 is 1. The highest BCUT2D eigenvalue weighted by Gasteiger charge is 2.10. The van der Waals surface area contributed by atoms with Crippen molar-refractivity contribution in [2.45, 2.75) is 33.6 Å². The topological polar surface area (TPSA) is 75.6 Å². The molecule has 0 atom stereocenters. The first kappa shape index (κ1) is 25.5. The first-order valence-corrected chi connectivity index (χ1v) is 11.5. The van der Waals surface area contributed by atoms with Crippen LogP contribution in [0.25, 0.3) is 10.8 Å². The molecular weight excluding hydrogens is 438 g/mol. The summed E-state index contributed by atoms with van der Waals surface area (Å²) in [5.74, 6) is 0.178. The molecule has 0 aliphatic heterocycles. The van der Waals surface area contributed by atoms with E-state index in [0.29, 0.717) is 12.1 Å². The molecule has 0 amide bonds. The van der Waals surface area contributed by atoms with Gasteiger partial charge in [-0.1, -0.05) is 48.5 Å². The Morgan fingerprint density at radius 1 is 0.857 bits per heavy atom. The van der Waals surface area contributed by atoms with Gasteiger partial charge in [-0.25, -0.2) is 4.79 Å². The molecular formula is C30H31NO4. The number of carbonyl (C=O) groups is 2. The lowest BCUT2D eigenvalue weighted by molar-refractivity contribution is -0.116. The number of carbonyl (C=O) groups excluding carboxylic acids is 1. The molecule has 5 nitrogen and oxygen atoms in total. The van der Waals surface area contributed by atoms with Crippen LogP contribution in [0.5, 0.6) is 5.75 Å². The number of hydrogen-bond acceptors (Lipinski definition) is 4. The molecule has 0 fully saturated rings. The normalized spacial score (nSPS) is 10.3. The van der Waals surface area contributed by atoms with Gasteiger partial charge in [0.05, 0.1) is 18.4 Å². The molecule has 0 spiro atoms. The van der Waals surface area contributed by atoms with Gasteiger partial charge in [-0.15, -0.1) is 0 Å². The number of ether oxygens (including phenoxy) is 1. The van der Waals surface area contributed by atoms with Crippen molar-refractivity contribution in [2.75, 3.05) is 12.4 Å². The van der Waals surface area contributed by atoms with Crippen LogP contribution in [0.3, 0.4) is 0 Å². The van der Waals surface area contributed by atoms with Crippen molar-refractivity contribution in [3.63, 3.8) is 0 Å². The number of ketones is 1. The highest BCUT2D eigenvalue weighted by molar-refractivity contribution is 5.95. The zero-order chi connectivity index (χ0) is 25.4. The predicted molar refractivity (Wildman–Crippen MR) is 142 cm³/mol. The molecule has 0 bridgehead atoms. The average molecular weight is 470 g/mol. The van der Waals surface area contributed by atoms with Gasteiger partial charge in [0.25, 0.3) is 0 Å². The van der Waals surface area contributed by atoms with Crippen LogP contribution in [0.15, 0.2) is 78.9 Å². The van der Waals surface area contributed by atoms with Gasteiger partial charge in [-0.3, -0.25) is 0 Å². The second kappa shape index (κ2) is 11.8. The maximum Gasteiger partial charge on any atom is 0.337 e. The Morgan fingerprint density at radius 2 is 1.54 bits per heavy atom. The number of fused-ring (bicyclic) bond motifs is 1. The van der Waals surface area contributed by atoms with Gasteiger partial charge >= 0.3 is 5.97 Å². The number of para-hydroxylation sites is 1. The maximum absolute atomic E-state index is 11.1. The van der Waals surface area contributed by atoms with Crippen molar-refractivity contribution in [2.24, 2.45) is 0 Å². The summed E-state index contributed by atoms with van der Waals surface area (Å²) in [6.07, 6.45) is 1.43. The third-order valence-corrected chi connectivity index (χ3v) is 5.91. The van der Waals surface area contributed by atoms with E-state index in [2.05, 4.69) is 23.5 Å². The van der Waals surface area contributed by atoms with Crippen LogP contribution in [0.2, 0.25) is 0 Å². The van der Waals surface area contributed by atoms with Gasteiger partial charge in [0, 0.05) is 12.1 Å². The maximum atomic E-state index is 11.1. The summed E-state index contributed by atoms with van der Waals surface area (Å²) < 4.78 is 5.19. The van der Waals surface area contributed by atoms with Gasteiger partial charge in [0.2, 0.25) is 0 Å². The number of aryl methyl sites for hydroxylation is 2. The quantitative estimate of drug-likeness (QED) is 0.301. The minimum Gasteiger partial charge on any atom is -0.497 e. The summed E-state index contributed by atoms with van der Waals surface area (Å²) in [6.45, 7) is 5.68. The van der Waals surface area contributed by atoms with E-state index in [9.17, 15) is 9.59 Å². The Balaban J connectivity index is 0.000000196. The van der Waals surface area contributed by atoms with E-state index in [-0.39, 0.29) is 11.3 Å². The van der Waals surface area contributed by atoms with Crippen molar-refractivity contribution >= 4 is 33.9 Å². The third kappa shape index (κ3) is 6.93. The molecule has 180 valence electrons. The molecule has 4 aromatic rings. The molecule has 5 heteroatoms. The first-order chi connectivity index (χ1) is 16.8. The number of hydrogen-bond donors (Lipinski definition) is 2. The van der Waals surface area contributed by atoms with E-state index in [1.54, 1.807) is 32.2 Å². The zero-order valence-electron chi connectivity index (χ0n) is 20.6. The third-order valence-electron chi connectivity index (χ3n) is 5.91. The Hall–Kier alpha value is -4.12. The summed E-state index contributed by atoms with van der Waals surface area (Å²) in [6, 6.07) is 25.1. The zero-order valence-corrected chi connectivity index (χ0v) is 20.6. The van der Waals surface area contributed by atoms with Crippen LogP contribution >= 0.6 is 0 Å². The average Bonchev–Trinajstić information content (AvgIpc) is 2.85. The van der Waals surface area contributed by atoms with Crippen LogP contribution < -0.4 is 10.1 Å². The van der Waals surface area contributed by atoms with Gasteiger partial charge in [0.1, 0.15) is 11.5 Å². The number of nitrogens with one attached hydrogen (secondary N) is 1. The lowest BCUT2D eigenvalue weighted by Crippen LogP contribution is -2.03. The highest BCUT2D eigenvalue weighted by atomic mass is 16.5. The standard InChI is InChI=1S/C15H15NO2.C15H16O2/c1-10-6-5-9-13(11(10)2)16-14-8-4-3-7-12(14)15(17)18;1-11(16)3-4-12-5-6-14-10-15(17-2)8-7-13(14)9-12/h3-9,16H,1-2H3,(H,17,18);5-10H,3-4H2,1-2H3. The van der Waals surface area contributed by atoms with Crippen molar-refractivity contribution in [3.05, 3.63) is 101 Å². The van der Waals surface area contributed by atoms with Gasteiger partial charge in [-0.2, -0.15) is 0 Å². The molecule has 35 heavy (non-hydrogen) atoms. The van der Waals surface area contributed by atoms with E-state index in [1.807, 2.05) is 56.3 Å². The lowest BCUT2D eigenvalue weighted by Gasteiger charge is -2.13. The van der Waals surface area contributed by atoms with Crippen LogP contribution in [0.4, 0.5) is 11.4 Å². The Kier molecular flexibility index (Phi) is 8.63. The summed E-state index contributed by atoms with van der Waals surface area (Å²) >= 11 is 0. The largest absolute Gasteiger partial charge is 0.497 e. The summed E-state index contributed by atoms with van der Waals surface area (Å²) in [7, 11) is 1.67. The number of anilines is 2. The number of carboxylic acids is 1. The van der Waals surface area contributed by atoms with Crippen molar-refractivity contribution in [1.29, 1.82) is 0 Å². The van der Waals surface area contributed by atoms with Crippen molar-refractivity contribution < 1.29 is 19.4 Å². The monoisotopic (exact) mass is 469 g/mol. The van der Waals surface area contributed by atoms with E-state index < -0.39 is 5.97 Å². The van der Waals surface area contributed by atoms with Crippen LogP contribution in [0, 0.1) is 13.8 Å².